The first-order chi connectivity index (χ1) is 8.56. The van der Waals surface area contributed by atoms with E-state index in [-0.39, 0.29) is 0 Å². The molecular formula is C12H11BrN2OS2. The van der Waals surface area contributed by atoms with Crippen LogP contribution >= 0.6 is 39.5 Å². The zero-order valence-electron chi connectivity index (χ0n) is 9.64. The van der Waals surface area contributed by atoms with Crippen molar-refractivity contribution in [2.24, 2.45) is 5.73 Å². The summed E-state index contributed by atoms with van der Waals surface area (Å²) in [5, 5.41) is 2.93. The lowest BCUT2D eigenvalue weighted by Gasteiger charge is -2.09. The number of rotatable bonds is 4. The second kappa shape index (κ2) is 5.77. The van der Waals surface area contributed by atoms with Gasteiger partial charge in [-0.15, -0.1) is 11.3 Å². The van der Waals surface area contributed by atoms with Crippen molar-refractivity contribution in [2.45, 2.75) is 13.5 Å². The fourth-order valence-electron chi connectivity index (χ4n) is 1.43. The monoisotopic (exact) mass is 342 g/mol. The number of thiocarbonyl (C=S) groups is 1. The van der Waals surface area contributed by atoms with Crippen LogP contribution in [0, 0.1) is 6.92 Å². The molecule has 1 aromatic carbocycles. The summed E-state index contributed by atoms with van der Waals surface area (Å²) in [6.45, 7) is 2.38. The average molecular weight is 343 g/mol. The molecule has 0 aliphatic rings. The normalized spacial score (nSPS) is 10.3. The maximum absolute atomic E-state index is 5.71. The van der Waals surface area contributed by atoms with Crippen LogP contribution in [-0.2, 0) is 6.61 Å². The summed E-state index contributed by atoms with van der Waals surface area (Å²) in [5.74, 6) is 0.679. The Labute approximate surface area is 123 Å². The van der Waals surface area contributed by atoms with E-state index < -0.39 is 0 Å². The molecule has 1 heterocycles. The molecule has 0 saturated carbocycles. The standard InChI is InChI=1S/C12H11BrN2OS2/c1-7-6-18-11(15-7)5-16-10-3-2-8(13)4-9(10)12(14)17/h2-4,6H,5H2,1H3,(H2,14,17). The lowest BCUT2D eigenvalue weighted by molar-refractivity contribution is 0.305. The van der Waals surface area contributed by atoms with Gasteiger partial charge in [0.25, 0.3) is 0 Å². The van der Waals surface area contributed by atoms with Gasteiger partial charge in [0.05, 0.1) is 5.56 Å². The number of aryl methyl sites for hydroxylation is 1. The molecule has 0 unspecified atom stereocenters. The van der Waals surface area contributed by atoms with Gasteiger partial charge in [-0.05, 0) is 25.1 Å². The van der Waals surface area contributed by atoms with E-state index in [1.165, 1.54) is 0 Å². The molecule has 0 saturated heterocycles. The zero-order valence-corrected chi connectivity index (χ0v) is 12.9. The first-order valence-electron chi connectivity index (χ1n) is 5.19. The van der Waals surface area contributed by atoms with Crippen molar-refractivity contribution in [3.05, 3.63) is 44.3 Å². The SMILES string of the molecule is Cc1csc(COc2ccc(Br)cc2C(N)=S)n1. The van der Waals surface area contributed by atoms with Crippen LogP contribution in [0.3, 0.4) is 0 Å². The summed E-state index contributed by atoms with van der Waals surface area (Å²) < 4.78 is 6.63. The van der Waals surface area contributed by atoms with Crippen molar-refractivity contribution >= 4 is 44.5 Å². The number of nitrogens with two attached hydrogens (primary N) is 1. The Morgan fingerprint density at radius 3 is 2.94 bits per heavy atom. The van der Waals surface area contributed by atoms with Crippen LogP contribution < -0.4 is 10.5 Å². The number of nitrogens with zero attached hydrogens (tertiary/aromatic N) is 1. The lowest BCUT2D eigenvalue weighted by atomic mass is 10.2. The molecule has 0 aliphatic carbocycles. The number of benzene rings is 1. The highest BCUT2D eigenvalue weighted by Crippen LogP contribution is 2.24. The second-order valence-electron chi connectivity index (χ2n) is 3.68. The van der Waals surface area contributed by atoms with Crippen LogP contribution in [-0.4, -0.2) is 9.97 Å². The molecule has 1 aromatic heterocycles. The largest absolute Gasteiger partial charge is 0.486 e. The molecule has 2 N–H and O–H groups in total. The molecule has 6 heteroatoms. The van der Waals surface area contributed by atoms with Gasteiger partial charge in [-0.3, -0.25) is 0 Å². The minimum atomic E-state index is 0.321. The first-order valence-corrected chi connectivity index (χ1v) is 7.27. The smallest absolute Gasteiger partial charge is 0.140 e. The molecule has 3 nitrogen and oxygen atoms in total. The Kier molecular flexibility index (Phi) is 4.31. The van der Waals surface area contributed by atoms with Gasteiger partial charge in [0, 0.05) is 15.5 Å². The van der Waals surface area contributed by atoms with E-state index in [1.54, 1.807) is 11.3 Å². The second-order valence-corrected chi connectivity index (χ2v) is 5.97. The van der Waals surface area contributed by atoms with Crippen LogP contribution in [0.15, 0.2) is 28.1 Å². The van der Waals surface area contributed by atoms with E-state index in [4.69, 9.17) is 22.7 Å². The summed E-state index contributed by atoms with van der Waals surface area (Å²) >= 11 is 9.97. The maximum Gasteiger partial charge on any atom is 0.140 e. The minimum absolute atomic E-state index is 0.321. The fourth-order valence-corrected chi connectivity index (χ4v) is 2.63. The zero-order chi connectivity index (χ0) is 13.1. The molecule has 2 aromatic rings. The predicted molar refractivity (Wildman–Crippen MR) is 81.2 cm³/mol. The molecule has 0 bridgehead atoms. The quantitative estimate of drug-likeness (QED) is 0.864. The van der Waals surface area contributed by atoms with Crippen LogP contribution in [0.4, 0.5) is 0 Å². The molecule has 0 amide bonds. The first kappa shape index (κ1) is 13.5. The Morgan fingerprint density at radius 2 is 2.33 bits per heavy atom. The number of thiazole rings is 1. The Hall–Kier alpha value is -0.980. The molecule has 94 valence electrons. The van der Waals surface area contributed by atoms with Gasteiger partial charge in [0.1, 0.15) is 22.4 Å². The number of hydrogen-bond donors (Lipinski definition) is 1. The van der Waals surface area contributed by atoms with E-state index >= 15 is 0 Å². The van der Waals surface area contributed by atoms with E-state index in [2.05, 4.69) is 20.9 Å². The van der Waals surface area contributed by atoms with Gasteiger partial charge >= 0.3 is 0 Å². The van der Waals surface area contributed by atoms with Crippen molar-refractivity contribution in [3.63, 3.8) is 0 Å². The Bertz CT molecular complexity index is 583. The van der Waals surface area contributed by atoms with Gasteiger partial charge in [-0.2, -0.15) is 0 Å². The van der Waals surface area contributed by atoms with Gasteiger partial charge in [-0.25, -0.2) is 4.98 Å². The maximum atomic E-state index is 5.71. The van der Waals surface area contributed by atoms with E-state index in [0.29, 0.717) is 17.3 Å². The molecule has 0 spiro atoms. The molecule has 0 radical (unpaired) electrons. The van der Waals surface area contributed by atoms with Gasteiger partial charge in [-0.1, -0.05) is 28.1 Å². The average Bonchev–Trinajstić information content (AvgIpc) is 2.73. The van der Waals surface area contributed by atoms with Crippen LogP contribution in [0.2, 0.25) is 0 Å². The van der Waals surface area contributed by atoms with E-state index in [0.717, 1.165) is 20.7 Å². The van der Waals surface area contributed by atoms with Gasteiger partial charge in [0.2, 0.25) is 0 Å². The van der Waals surface area contributed by atoms with E-state index in [9.17, 15) is 0 Å². The van der Waals surface area contributed by atoms with Crippen molar-refractivity contribution in [1.82, 2.24) is 4.98 Å². The molecule has 2 rings (SSSR count). The number of halogens is 1. The third-order valence-electron chi connectivity index (χ3n) is 2.22. The van der Waals surface area contributed by atoms with Crippen molar-refractivity contribution in [3.8, 4) is 5.75 Å². The van der Waals surface area contributed by atoms with Crippen LogP contribution in [0.1, 0.15) is 16.3 Å². The van der Waals surface area contributed by atoms with Gasteiger partial charge in [0.15, 0.2) is 0 Å². The lowest BCUT2D eigenvalue weighted by Crippen LogP contribution is -2.11. The molecule has 0 aliphatic heterocycles. The number of hydrogen-bond acceptors (Lipinski definition) is 4. The minimum Gasteiger partial charge on any atom is -0.486 e. The summed E-state index contributed by atoms with van der Waals surface area (Å²) in [6.07, 6.45) is 0. The third-order valence-corrected chi connectivity index (χ3v) is 3.88. The van der Waals surface area contributed by atoms with Crippen molar-refractivity contribution in [2.75, 3.05) is 0 Å². The Morgan fingerprint density at radius 1 is 1.56 bits per heavy atom. The summed E-state index contributed by atoms with van der Waals surface area (Å²) in [4.78, 5) is 4.66. The summed E-state index contributed by atoms with van der Waals surface area (Å²) in [5.41, 5.74) is 7.41. The highest BCUT2D eigenvalue weighted by atomic mass is 79.9. The predicted octanol–water partition coefficient (Wildman–Crippen LogP) is 3.43. The highest BCUT2D eigenvalue weighted by Gasteiger charge is 2.08. The Balaban J connectivity index is 2.16. The number of aromatic nitrogens is 1. The van der Waals surface area contributed by atoms with Crippen LogP contribution in [0.25, 0.3) is 0 Å². The number of ether oxygens (including phenoxy) is 1. The molecule has 0 fully saturated rings. The molecular weight excluding hydrogens is 332 g/mol. The summed E-state index contributed by atoms with van der Waals surface area (Å²) in [7, 11) is 0. The topological polar surface area (TPSA) is 48.1 Å². The van der Waals surface area contributed by atoms with Crippen molar-refractivity contribution in [1.29, 1.82) is 0 Å². The van der Waals surface area contributed by atoms with Crippen molar-refractivity contribution < 1.29 is 4.74 Å². The third kappa shape index (κ3) is 3.28. The molecule has 18 heavy (non-hydrogen) atoms. The van der Waals surface area contributed by atoms with E-state index in [1.807, 2.05) is 30.5 Å². The highest BCUT2D eigenvalue weighted by molar-refractivity contribution is 9.10. The summed E-state index contributed by atoms with van der Waals surface area (Å²) in [6, 6.07) is 5.59. The van der Waals surface area contributed by atoms with Crippen LogP contribution in [0.5, 0.6) is 5.75 Å². The molecule has 0 atom stereocenters. The fraction of sp³-hybridized carbons (Fsp3) is 0.167. The van der Waals surface area contributed by atoms with Gasteiger partial charge < -0.3 is 10.5 Å².